The number of nitrogens with zero attached hydrogens (tertiary/aromatic N) is 1. The first-order chi connectivity index (χ1) is 9.81. The van der Waals surface area contributed by atoms with Crippen LogP contribution >= 0.6 is 0 Å². The SMILES string of the molecule is O=C(Cc1cccnc1)N[C@@H]1CC[C@H]2OCCO[C@@H]2C1. The fourth-order valence-electron chi connectivity index (χ4n) is 2.96. The normalized spacial score (nSPS) is 29.5. The third kappa shape index (κ3) is 3.35. The lowest BCUT2D eigenvalue weighted by atomic mass is 9.89. The highest BCUT2D eigenvalue weighted by atomic mass is 16.6. The van der Waals surface area contributed by atoms with Crippen LogP contribution in [0.2, 0.25) is 0 Å². The van der Waals surface area contributed by atoms with Gasteiger partial charge in [0.25, 0.3) is 0 Å². The van der Waals surface area contributed by atoms with Gasteiger partial charge in [0.2, 0.25) is 5.91 Å². The minimum absolute atomic E-state index is 0.0539. The van der Waals surface area contributed by atoms with Gasteiger partial charge in [-0.2, -0.15) is 0 Å². The summed E-state index contributed by atoms with van der Waals surface area (Å²) in [5, 5.41) is 3.10. The Hall–Kier alpha value is -1.46. The summed E-state index contributed by atoms with van der Waals surface area (Å²) in [6.07, 6.45) is 6.96. The fourth-order valence-corrected chi connectivity index (χ4v) is 2.96. The molecule has 0 unspecified atom stereocenters. The number of carbonyl (C=O) groups excluding carboxylic acids is 1. The van der Waals surface area contributed by atoms with Gasteiger partial charge in [-0.25, -0.2) is 0 Å². The van der Waals surface area contributed by atoms with Gasteiger partial charge in [0, 0.05) is 18.4 Å². The summed E-state index contributed by atoms with van der Waals surface area (Å²) < 4.78 is 11.4. The predicted octanol–water partition coefficient (Wildman–Crippen LogP) is 1.08. The van der Waals surface area contributed by atoms with E-state index >= 15 is 0 Å². The van der Waals surface area contributed by atoms with E-state index in [1.54, 1.807) is 12.4 Å². The molecule has 1 N–H and O–H groups in total. The van der Waals surface area contributed by atoms with Crippen molar-refractivity contribution in [1.29, 1.82) is 0 Å². The van der Waals surface area contributed by atoms with Gasteiger partial charge in [-0.3, -0.25) is 9.78 Å². The summed E-state index contributed by atoms with van der Waals surface area (Å²) in [6.45, 7) is 1.36. The van der Waals surface area contributed by atoms with Crippen molar-refractivity contribution in [1.82, 2.24) is 10.3 Å². The number of hydrogen-bond donors (Lipinski definition) is 1. The summed E-state index contributed by atoms with van der Waals surface area (Å²) in [6, 6.07) is 3.96. The van der Waals surface area contributed by atoms with Crippen LogP contribution in [-0.4, -0.2) is 42.4 Å². The van der Waals surface area contributed by atoms with Crippen molar-refractivity contribution in [2.45, 2.75) is 43.9 Å². The van der Waals surface area contributed by atoms with Gasteiger partial charge in [0.1, 0.15) is 0 Å². The van der Waals surface area contributed by atoms with Crippen LogP contribution in [-0.2, 0) is 20.7 Å². The summed E-state index contributed by atoms with van der Waals surface area (Å²) in [5.41, 5.74) is 0.941. The number of hydrogen-bond acceptors (Lipinski definition) is 4. The molecule has 5 heteroatoms. The topological polar surface area (TPSA) is 60.5 Å². The zero-order valence-electron chi connectivity index (χ0n) is 11.5. The highest BCUT2D eigenvalue weighted by Crippen LogP contribution is 2.26. The largest absolute Gasteiger partial charge is 0.373 e. The zero-order valence-corrected chi connectivity index (χ0v) is 11.5. The molecule has 20 heavy (non-hydrogen) atoms. The molecule has 3 atom stereocenters. The van der Waals surface area contributed by atoms with Crippen LogP contribution in [0.1, 0.15) is 24.8 Å². The number of rotatable bonds is 3. The highest BCUT2D eigenvalue weighted by molar-refractivity contribution is 5.78. The number of carbonyl (C=O) groups is 1. The predicted molar refractivity (Wildman–Crippen MR) is 73.2 cm³/mol. The molecule has 1 aromatic heterocycles. The van der Waals surface area contributed by atoms with E-state index in [1.807, 2.05) is 12.1 Å². The molecule has 2 heterocycles. The number of fused-ring (bicyclic) bond motifs is 1. The maximum absolute atomic E-state index is 12.0. The van der Waals surface area contributed by atoms with Crippen LogP contribution in [0.5, 0.6) is 0 Å². The number of ether oxygens (including phenoxy) is 2. The van der Waals surface area contributed by atoms with Crippen molar-refractivity contribution >= 4 is 5.91 Å². The minimum Gasteiger partial charge on any atom is -0.373 e. The van der Waals surface area contributed by atoms with Gasteiger partial charge in [-0.15, -0.1) is 0 Å². The van der Waals surface area contributed by atoms with Gasteiger partial charge in [0.05, 0.1) is 31.8 Å². The maximum atomic E-state index is 12.0. The molecule has 0 bridgehead atoms. The third-order valence-corrected chi connectivity index (χ3v) is 3.93. The molecular formula is C15H20N2O3. The molecule has 1 aromatic rings. The van der Waals surface area contributed by atoms with Crippen molar-refractivity contribution < 1.29 is 14.3 Å². The Labute approximate surface area is 118 Å². The Balaban J connectivity index is 1.49. The molecule has 3 rings (SSSR count). The second-order valence-electron chi connectivity index (χ2n) is 5.43. The minimum atomic E-state index is 0.0539. The van der Waals surface area contributed by atoms with Crippen LogP contribution in [0.4, 0.5) is 0 Å². The van der Waals surface area contributed by atoms with E-state index in [4.69, 9.17) is 9.47 Å². The lowest BCUT2D eigenvalue weighted by molar-refractivity contribution is -0.158. The summed E-state index contributed by atoms with van der Waals surface area (Å²) in [5.74, 6) is 0.0539. The van der Waals surface area contributed by atoms with Crippen LogP contribution < -0.4 is 5.32 Å². The van der Waals surface area contributed by atoms with Crippen molar-refractivity contribution in [3.63, 3.8) is 0 Å². The van der Waals surface area contributed by atoms with Gasteiger partial charge in [0.15, 0.2) is 0 Å². The molecular weight excluding hydrogens is 256 g/mol. The van der Waals surface area contributed by atoms with E-state index in [1.165, 1.54) is 0 Å². The molecule has 1 saturated carbocycles. The first-order valence-corrected chi connectivity index (χ1v) is 7.23. The summed E-state index contributed by atoms with van der Waals surface area (Å²) in [7, 11) is 0. The molecule has 5 nitrogen and oxygen atoms in total. The van der Waals surface area contributed by atoms with Gasteiger partial charge in [-0.05, 0) is 30.9 Å². The molecule has 1 saturated heterocycles. The van der Waals surface area contributed by atoms with E-state index in [0.29, 0.717) is 19.6 Å². The molecule has 1 aliphatic heterocycles. The summed E-state index contributed by atoms with van der Waals surface area (Å²) >= 11 is 0. The maximum Gasteiger partial charge on any atom is 0.224 e. The molecule has 0 aromatic carbocycles. The number of pyridine rings is 1. The van der Waals surface area contributed by atoms with E-state index < -0.39 is 0 Å². The summed E-state index contributed by atoms with van der Waals surface area (Å²) in [4.78, 5) is 16.1. The average molecular weight is 276 g/mol. The number of aromatic nitrogens is 1. The molecule has 2 aliphatic rings. The second kappa shape index (κ2) is 6.33. The van der Waals surface area contributed by atoms with E-state index in [2.05, 4.69) is 10.3 Å². The second-order valence-corrected chi connectivity index (χ2v) is 5.43. The van der Waals surface area contributed by atoms with E-state index in [9.17, 15) is 4.79 Å². The lowest BCUT2D eigenvalue weighted by Gasteiger charge is -2.39. The quantitative estimate of drug-likeness (QED) is 0.897. The van der Waals surface area contributed by atoms with Crippen molar-refractivity contribution in [3.05, 3.63) is 30.1 Å². The molecule has 108 valence electrons. The number of amides is 1. The molecule has 1 amide bonds. The first kappa shape index (κ1) is 13.5. The standard InChI is InChI=1S/C15H20N2O3/c18-15(8-11-2-1-5-16-10-11)17-12-3-4-13-14(9-12)20-7-6-19-13/h1-2,5,10,12-14H,3-4,6-9H2,(H,17,18)/t12-,13-,14-/m1/s1. The number of nitrogens with one attached hydrogen (secondary N) is 1. The Kier molecular flexibility index (Phi) is 4.28. The van der Waals surface area contributed by atoms with E-state index in [-0.39, 0.29) is 24.2 Å². The Morgan fingerprint density at radius 3 is 2.95 bits per heavy atom. The van der Waals surface area contributed by atoms with Crippen molar-refractivity contribution in [3.8, 4) is 0 Å². The zero-order chi connectivity index (χ0) is 13.8. The molecule has 0 spiro atoms. The van der Waals surface area contributed by atoms with E-state index in [0.717, 1.165) is 24.8 Å². The van der Waals surface area contributed by atoms with Gasteiger partial charge in [-0.1, -0.05) is 6.07 Å². The average Bonchev–Trinajstić information content (AvgIpc) is 2.48. The monoisotopic (exact) mass is 276 g/mol. The highest BCUT2D eigenvalue weighted by Gasteiger charge is 2.34. The van der Waals surface area contributed by atoms with Gasteiger partial charge < -0.3 is 14.8 Å². The Morgan fingerprint density at radius 1 is 1.30 bits per heavy atom. The van der Waals surface area contributed by atoms with Crippen molar-refractivity contribution in [2.24, 2.45) is 0 Å². The Bertz CT molecular complexity index is 452. The first-order valence-electron chi connectivity index (χ1n) is 7.23. The van der Waals surface area contributed by atoms with Crippen molar-refractivity contribution in [2.75, 3.05) is 13.2 Å². The molecule has 1 aliphatic carbocycles. The van der Waals surface area contributed by atoms with Gasteiger partial charge >= 0.3 is 0 Å². The van der Waals surface area contributed by atoms with Crippen LogP contribution in [0.15, 0.2) is 24.5 Å². The van der Waals surface area contributed by atoms with Crippen LogP contribution in [0.25, 0.3) is 0 Å². The van der Waals surface area contributed by atoms with Crippen LogP contribution in [0, 0.1) is 0 Å². The van der Waals surface area contributed by atoms with Crippen LogP contribution in [0.3, 0.4) is 0 Å². The Morgan fingerprint density at radius 2 is 2.15 bits per heavy atom. The molecule has 2 fully saturated rings. The third-order valence-electron chi connectivity index (χ3n) is 3.93. The molecule has 0 radical (unpaired) electrons. The lowest BCUT2D eigenvalue weighted by Crippen LogP contribution is -2.49. The smallest absolute Gasteiger partial charge is 0.224 e. The fraction of sp³-hybridized carbons (Fsp3) is 0.600.